The molecule has 0 radical (unpaired) electrons. The number of unbranched alkanes of at least 4 members (excludes halogenated alkanes) is 1. The number of halogens is 3. The van der Waals surface area contributed by atoms with Gasteiger partial charge >= 0.3 is 6.18 Å². The lowest BCUT2D eigenvalue weighted by Gasteiger charge is -2.15. The van der Waals surface area contributed by atoms with Gasteiger partial charge in [0.25, 0.3) is 0 Å². The van der Waals surface area contributed by atoms with Crippen LogP contribution in [0, 0.1) is 0 Å². The molecule has 0 amide bonds. The zero-order valence-electron chi connectivity index (χ0n) is 11.0. The van der Waals surface area contributed by atoms with Crippen LogP contribution in [0.4, 0.5) is 18.9 Å². The summed E-state index contributed by atoms with van der Waals surface area (Å²) in [4.78, 5) is 0. The summed E-state index contributed by atoms with van der Waals surface area (Å²) in [6.07, 6.45) is -0.523. The van der Waals surface area contributed by atoms with Crippen molar-refractivity contribution in [3.63, 3.8) is 0 Å². The van der Waals surface area contributed by atoms with Crippen LogP contribution in [-0.2, 0) is 6.18 Å². The summed E-state index contributed by atoms with van der Waals surface area (Å²) in [6, 6.07) is 3.96. The van der Waals surface area contributed by atoms with E-state index >= 15 is 0 Å². The first-order valence-corrected chi connectivity index (χ1v) is 7.36. The first-order valence-electron chi connectivity index (χ1n) is 5.97. The minimum Gasteiger partial charge on any atom is -0.497 e. The van der Waals surface area contributed by atoms with Crippen molar-refractivity contribution in [1.29, 1.82) is 0 Å². The number of hydrogen-bond acceptors (Lipinski definition) is 3. The lowest BCUT2D eigenvalue weighted by Crippen LogP contribution is -2.12. The molecule has 108 valence electrons. The van der Waals surface area contributed by atoms with Crippen LogP contribution in [0.5, 0.6) is 5.75 Å². The normalized spacial score (nSPS) is 11.4. The van der Waals surface area contributed by atoms with Crippen molar-refractivity contribution in [1.82, 2.24) is 0 Å². The molecule has 0 aliphatic carbocycles. The van der Waals surface area contributed by atoms with E-state index in [0.717, 1.165) is 24.7 Å². The summed E-state index contributed by atoms with van der Waals surface area (Å²) >= 11 is 1.74. The molecule has 0 saturated carbocycles. The third-order valence-electron chi connectivity index (χ3n) is 2.62. The fourth-order valence-electron chi connectivity index (χ4n) is 1.63. The van der Waals surface area contributed by atoms with Gasteiger partial charge in [0, 0.05) is 12.2 Å². The molecule has 0 heterocycles. The minimum absolute atomic E-state index is 0.109. The van der Waals surface area contributed by atoms with Crippen LogP contribution in [0.2, 0.25) is 0 Å². The molecule has 0 spiro atoms. The lowest BCUT2D eigenvalue weighted by atomic mass is 10.1. The zero-order valence-corrected chi connectivity index (χ0v) is 11.8. The van der Waals surface area contributed by atoms with E-state index in [0.29, 0.717) is 6.54 Å². The second-order valence-electron chi connectivity index (χ2n) is 4.04. The Labute approximate surface area is 115 Å². The fourth-order valence-corrected chi connectivity index (χ4v) is 2.13. The van der Waals surface area contributed by atoms with E-state index in [4.69, 9.17) is 4.74 Å². The number of anilines is 1. The molecule has 0 saturated heterocycles. The Morgan fingerprint density at radius 1 is 1.26 bits per heavy atom. The van der Waals surface area contributed by atoms with Crippen molar-refractivity contribution in [3.8, 4) is 5.75 Å². The topological polar surface area (TPSA) is 21.3 Å². The van der Waals surface area contributed by atoms with Crippen molar-refractivity contribution in [2.24, 2.45) is 0 Å². The van der Waals surface area contributed by atoms with E-state index in [1.54, 1.807) is 11.8 Å². The van der Waals surface area contributed by atoms with Gasteiger partial charge in [0.05, 0.1) is 12.7 Å². The molecule has 0 fully saturated rings. The van der Waals surface area contributed by atoms with E-state index in [1.165, 1.54) is 19.2 Å². The molecule has 1 rings (SSSR count). The number of nitrogens with one attached hydrogen (secondary N) is 1. The van der Waals surface area contributed by atoms with E-state index in [9.17, 15) is 13.2 Å². The van der Waals surface area contributed by atoms with Crippen molar-refractivity contribution in [2.75, 3.05) is 31.0 Å². The average molecular weight is 293 g/mol. The first kappa shape index (κ1) is 16.0. The van der Waals surface area contributed by atoms with Gasteiger partial charge in [-0.3, -0.25) is 0 Å². The van der Waals surface area contributed by atoms with E-state index < -0.39 is 11.7 Å². The van der Waals surface area contributed by atoms with Crippen LogP contribution in [0.25, 0.3) is 0 Å². The fraction of sp³-hybridized carbons (Fsp3) is 0.538. The van der Waals surface area contributed by atoms with Crippen LogP contribution < -0.4 is 10.1 Å². The highest BCUT2D eigenvalue weighted by atomic mass is 32.2. The monoisotopic (exact) mass is 293 g/mol. The average Bonchev–Trinajstić information content (AvgIpc) is 2.37. The molecule has 0 aromatic heterocycles. The molecule has 1 N–H and O–H groups in total. The maximum Gasteiger partial charge on any atom is 0.418 e. The Morgan fingerprint density at radius 3 is 2.58 bits per heavy atom. The highest BCUT2D eigenvalue weighted by Gasteiger charge is 2.33. The molecule has 0 bridgehead atoms. The molecule has 0 aliphatic heterocycles. The third kappa shape index (κ3) is 5.22. The second-order valence-corrected chi connectivity index (χ2v) is 5.02. The second kappa shape index (κ2) is 7.53. The molecule has 0 atom stereocenters. The largest absolute Gasteiger partial charge is 0.497 e. The van der Waals surface area contributed by atoms with Crippen LogP contribution in [0.3, 0.4) is 0 Å². The Balaban J connectivity index is 2.71. The van der Waals surface area contributed by atoms with E-state index in [1.807, 2.05) is 6.26 Å². The Bertz CT molecular complexity index is 396. The van der Waals surface area contributed by atoms with Gasteiger partial charge < -0.3 is 10.1 Å². The van der Waals surface area contributed by atoms with Crippen LogP contribution >= 0.6 is 11.8 Å². The number of rotatable bonds is 7. The van der Waals surface area contributed by atoms with Crippen LogP contribution in [-0.4, -0.2) is 25.7 Å². The lowest BCUT2D eigenvalue weighted by molar-refractivity contribution is -0.137. The molecular weight excluding hydrogens is 275 g/mol. The highest BCUT2D eigenvalue weighted by Crippen LogP contribution is 2.37. The molecular formula is C13H18F3NOS. The standard InChI is InChI=1S/C13H18F3NOS/c1-18-10-5-6-12(11(9-10)13(14,15)16)17-7-3-4-8-19-2/h5-6,9,17H,3-4,7-8H2,1-2H3. The Hall–Kier alpha value is -1.04. The molecule has 2 nitrogen and oxygen atoms in total. The quantitative estimate of drug-likeness (QED) is 0.759. The van der Waals surface area contributed by atoms with Crippen molar-refractivity contribution in [2.45, 2.75) is 19.0 Å². The summed E-state index contributed by atoms with van der Waals surface area (Å²) in [5, 5.41) is 2.85. The molecule has 19 heavy (non-hydrogen) atoms. The number of methoxy groups -OCH3 is 1. The smallest absolute Gasteiger partial charge is 0.418 e. The Kier molecular flexibility index (Phi) is 6.34. The number of alkyl halides is 3. The molecule has 0 aliphatic rings. The zero-order chi connectivity index (χ0) is 14.3. The summed E-state index contributed by atoms with van der Waals surface area (Å²) in [6.45, 7) is 0.538. The molecule has 6 heteroatoms. The van der Waals surface area contributed by atoms with Crippen molar-refractivity contribution >= 4 is 17.4 Å². The predicted octanol–water partition coefficient (Wildman–Crippen LogP) is 4.27. The summed E-state index contributed by atoms with van der Waals surface area (Å²) in [7, 11) is 1.35. The first-order chi connectivity index (χ1) is 8.99. The number of hydrogen-bond donors (Lipinski definition) is 1. The van der Waals surface area contributed by atoms with Gasteiger partial charge in [0.15, 0.2) is 0 Å². The number of thioether (sulfide) groups is 1. The maximum atomic E-state index is 12.9. The maximum absolute atomic E-state index is 12.9. The highest BCUT2D eigenvalue weighted by molar-refractivity contribution is 7.98. The molecule has 0 unspecified atom stereocenters. The van der Waals surface area contributed by atoms with Gasteiger partial charge in [-0.15, -0.1) is 0 Å². The SMILES string of the molecule is COc1ccc(NCCCCSC)c(C(F)(F)F)c1. The van der Waals surface area contributed by atoms with E-state index in [2.05, 4.69) is 5.32 Å². The van der Waals surface area contributed by atoms with Gasteiger partial charge in [-0.05, 0) is 43.0 Å². The van der Waals surface area contributed by atoms with Gasteiger partial charge in [0.1, 0.15) is 5.75 Å². The summed E-state index contributed by atoms with van der Waals surface area (Å²) < 4.78 is 43.5. The van der Waals surface area contributed by atoms with Gasteiger partial charge in [0.2, 0.25) is 0 Å². The molecule has 1 aromatic carbocycles. The Morgan fingerprint density at radius 2 is 2.00 bits per heavy atom. The van der Waals surface area contributed by atoms with Gasteiger partial charge in [-0.1, -0.05) is 0 Å². The summed E-state index contributed by atoms with van der Waals surface area (Å²) in [5.74, 6) is 1.23. The minimum atomic E-state index is -4.38. The van der Waals surface area contributed by atoms with E-state index in [-0.39, 0.29) is 11.4 Å². The predicted molar refractivity (Wildman–Crippen MR) is 74.1 cm³/mol. The third-order valence-corrected chi connectivity index (χ3v) is 3.32. The number of benzene rings is 1. The summed E-state index contributed by atoms with van der Waals surface area (Å²) in [5.41, 5.74) is -0.575. The van der Waals surface area contributed by atoms with Crippen LogP contribution in [0.1, 0.15) is 18.4 Å². The van der Waals surface area contributed by atoms with Gasteiger partial charge in [-0.25, -0.2) is 0 Å². The van der Waals surface area contributed by atoms with Gasteiger partial charge in [-0.2, -0.15) is 24.9 Å². The number of ether oxygens (including phenoxy) is 1. The molecule has 1 aromatic rings. The van der Waals surface area contributed by atoms with Crippen molar-refractivity contribution < 1.29 is 17.9 Å². The van der Waals surface area contributed by atoms with Crippen molar-refractivity contribution in [3.05, 3.63) is 23.8 Å². The van der Waals surface area contributed by atoms with Crippen LogP contribution in [0.15, 0.2) is 18.2 Å².